The second kappa shape index (κ2) is 5.79. The van der Waals surface area contributed by atoms with Crippen LogP contribution >= 0.6 is 11.6 Å². The predicted molar refractivity (Wildman–Crippen MR) is 84.8 cm³/mol. The second-order valence-electron chi connectivity index (χ2n) is 4.81. The minimum absolute atomic E-state index is 0.158. The van der Waals surface area contributed by atoms with Gasteiger partial charge in [-0.25, -0.2) is 4.99 Å². The number of nitrogens with one attached hydrogen (secondary N) is 1. The summed E-state index contributed by atoms with van der Waals surface area (Å²) in [7, 11) is 0. The van der Waals surface area contributed by atoms with E-state index >= 15 is 0 Å². The third-order valence-corrected chi connectivity index (χ3v) is 3.67. The molecule has 1 aliphatic rings. The number of carbonyl (C=O) groups is 1. The molecular weight excluding hydrogens is 322 g/mol. The summed E-state index contributed by atoms with van der Waals surface area (Å²) >= 11 is 6.16. The van der Waals surface area contributed by atoms with E-state index in [2.05, 4.69) is 10.3 Å². The molecule has 2 aromatic rings. The zero-order valence-electron chi connectivity index (χ0n) is 11.6. The fourth-order valence-electron chi connectivity index (χ4n) is 2.27. The van der Waals surface area contributed by atoms with E-state index in [1.165, 1.54) is 18.2 Å². The Morgan fingerprint density at radius 2 is 1.96 bits per heavy atom. The number of non-ortho nitro benzene ring substituents is 1. The number of benzene rings is 2. The molecule has 3 rings (SSSR count). The lowest BCUT2D eigenvalue weighted by atomic mass is 10.00. The first-order chi connectivity index (χ1) is 11.0. The number of rotatable bonds is 2. The Kier molecular flexibility index (Phi) is 3.81. The highest BCUT2D eigenvalue weighted by Crippen LogP contribution is 2.30. The molecule has 7 nitrogen and oxygen atoms in total. The van der Waals surface area contributed by atoms with E-state index in [4.69, 9.17) is 11.6 Å². The number of anilines is 1. The number of nitrogens with zero attached hydrogens (tertiary/aromatic N) is 2. The second-order valence-corrected chi connectivity index (χ2v) is 5.21. The minimum atomic E-state index is -1.63. The highest BCUT2D eigenvalue weighted by molar-refractivity contribution is 6.36. The number of nitro groups is 1. The van der Waals surface area contributed by atoms with Crippen LogP contribution in [0.5, 0.6) is 0 Å². The van der Waals surface area contributed by atoms with Gasteiger partial charge in [-0.2, -0.15) is 0 Å². The van der Waals surface area contributed by atoms with Crippen molar-refractivity contribution in [2.24, 2.45) is 4.99 Å². The van der Waals surface area contributed by atoms with Gasteiger partial charge in [-0.05, 0) is 12.1 Å². The topological polar surface area (TPSA) is 105 Å². The van der Waals surface area contributed by atoms with Crippen molar-refractivity contribution in [3.63, 3.8) is 0 Å². The first kappa shape index (κ1) is 15.1. The number of aliphatic imine (C=N–C) groups is 1. The molecule has 116 valence electrons. The minimum Gasteiger partial charge on any atom is -0.364 e. The van der Waals surface area contributed by atoms with Gasteiger partial charge in [-0.3, -0.25) is 14.9 Å². The number of hydrogen-bond acceptors (Lipinski definition) is 5. The van der Waals surface area contributed by atoms with E-state index in [0.717, 1.165) is 0 Å². The molecule has 0 fully saturated rings. The van der Waals surface area contributed by atoms with Gasteiger partial charge in [0.05, 0.1) is 16.3 Å². The van der Waals surface area contributed by atoms with Crippen LogP contribution < -0.4 is 5.32 Å². The molecule has 1 unspecified atom stereocenters. The van der Waals surface area contributed by atoms with E-state index in [9.17, 15) is 20.0 Å². The summed E-state index contributed by atoms with van der Waals surface area (Å²) in [6.07, 6.45) is -1.63. The largest absolute Gasteiger partial charge is 0.364 e. The number of halogens is 1. The van der Waals surface area contributed by atoms with Gasteiger partial charge >= 0.3 is 0 Å². The monoisotopic (exact) mass is 331 g/mol. The van der Waals surface area contributed by atoms with Gasteiger partial charge in [-0.1, -0.05) is 29.8 Å². The van der Waals surface area contributed by atoms with Crippen molar-refractivity contribution in [1.82, 2.24) is 0 Å². The standard InChI is InChI=1S/C15H10ClN3O4/c16-11-4-2-1-3-9(11)13-10-7-8(19(22)23)5-6-12(10)17-14(20)15(21)18-13/h1-7,15,21H,(H,17,20). The highest BCUT2D eigenvalue weighted by atomic mass is 35.5. The number of benzodiazepines with no additional fused rings is 1. The Labute approximate surface area is 135 Å². The lowest BCUT2D eigenvalue weighted by Crippen LogP contribution is -2.24. The van der Waals surface area contributed by atoms with Crippen LogP contribution in [0.25, 0.3) is 0 Å². The Hall–Kier alpha value is -2.77. The number of aliphatic hydroxyl groups is 1. The maximum Gasteiger partial charge on any atom is 0.276 e. The van der Waals surface area contributed by atoms with Crippen LogP contribution in [0.4, 0.5) is 11.4 Å². The first-order valence-electron chi connectivity index (χ1n) is 6.58. The molecule has 0 aromatic heterocycles. The molecule has 0 radical (unpaired) electrons. The van der Waals surface area contributed by atoms with Crippen molar-refractivity contribution in [2.75, 3.05) is 5.32 Å². The number of hydrogen-bond donors (Lipinski definition) is 2. The lowest BCUT2D eigenvalue weighted by Gasteiger charge is -2.10. The van der Waals surface area contributed by atoms with Crippen molar-refractivity contribution >= 4 is 34.6 Å². The zero-order valence-corrected chi connectivity index (χ0v) is 12.3. The van der Waals surface area contributed by atoms with Gasteiger partial charge in [0.15, 0.2) is 0 Å². The fourth-order valence-corrected chi connectivity index (χ4v) is 2.49. The van der Waals surface area contributed by atoms with Gasteiger partial charge < -0.3 is 10.4 Å². The summed E-state index contributed by atoms with van der Waals surface area (Å²) in [6, 6.07) is 10.7. The number of carbonyl (C=O) groups excluding carboxylic acids is 1. The molecular formula is C15H10ClN3O4. The average Bonchev–Trinajstić information content (AvgIpc) is 2.64. The van der Waals surface area contributed by atoms with Gasteiger partial charge in [0.1, 0.15) is 0 Å². The van der Waals surface area contributed by atoms with Crippen molar-refractivity contribution in [3.05, 3.63) is 68.7 Å². The average molecular weight is 332 g/mol. The van der Waals surface area contributed by atoms with E-state index in [0.29, 0.717) is 21.8 Å². The molecule has 1 aliphatic heterocycles. The van der Waals surface area contributed by atoms with Crippen LogP contribution in [-0.4, -0.2) is 27.9 Å². The van der Waals surface area contributed by atoms with Crippen LogP contribution in [0, 0.1) is 10.1 Å². The summed E-state index contributed by atoms with van der Waals surface area (Å²) in [6.45, 7) is 0. The molecule has 8 heteroatoms. The van der Waals surface area contributed by atoms with Crippen molar-refractivity contribution < 1.29 is 14.8 Å². The number of nitro benzene ring substituents is 1. The Morgan fingerprint density at radius 3 is 2.65 bits per heavy atom. The molecule has 2 aromatic carbocycles. The maximum absolute atomic E-state index is 11.8. The quantitative estimate of drug-likeness (QED) is 0.651. The molecule has 23 heavy (non-hydrogen) atoms. The summed E-state index contributed by atoms with van der Waals surface area (Å²) < 4.78 is 0. The maximum atomic E-state index is 11.8. The van der Waals surface area contributed by atoms with Gasteiger partial charge in [0, 0.05) is 28.3 Å². The van der Waals surface area contributed by atoms with Crippen LogP contribution in [-0.2, 0) is 4.79 Å². The number of fused-ring (bicyclic) bond motifs is 1. The molecule has 1 amide bonds. The zero-order chi connectivity index (χ0) is 16.6. The number of amides is 1. The van der Waals surface area contributed by atoms with E-state index in [-0.39, 0.29) is 11.4 Å². The molecule has 2 N–H and O–H groups in total. The lowest BCUT2D eigenvalue weighted by molar-refractivity contribution is -0.384. The summed E-state index contributed by atoms with van der Waals surface area (Å²) in [4.78, 5) is 26.3. The molecule has 0 aliphatic carbocycles. The van der Waals surface area contributed by atoms with Crippen molar-refractivity contribution in [2.45, 2.75) is 6.23 Å². The summed E-state index contributed by atoms with van der Waals surface area (Å²) in [5.74, 6) is -0.720. The Bertz CT molecular complexity index is 850. The molecule has 0 saturated carbocycles. The van der Waals surface area contributed by atoms with E-state index in [1.54, 1.807) is 24.3 Å². The smallest absolute Gasteiger partial charge is 0.276 e. The van der Waals surface area contributed by atoms with Crippen LogP contribution in [0.15, 0.2) is 47.5 Å². The molecule has 0 spiro atoms. The van der Waals surface area contributed by atoms with Crippen LogP contribution in [0.3, 0.4) is 0 Å². The van der Waals surface area contributed by atoms with E-state index < -0.39 is 17.1 Å². The van der Waals surface area contributed by atoms with Crippen LogP contribution in [0.1, 0.15) is 11.1 Å². The molecule has 0 bridgehead atoms. The first-order valence-corrected chi connectivity index (χ1v) is 6.95. The number of aliphatic hydroxyl groups excluding tert-OH is 1. The predicted octanol–water partition coefficient (Wildman–Crippen LogP) is 2.36. The van der Waals surface area contributed by atoms with Crippen molar-refractivity contribution in [3.8, 4) is 0 Å². The SMILES string of the molecule is O=C1Nc2ccc([N+](=O)[O-])cc2C(c2ccccc2Cl)=NC1O. The van der Waals surface area contributed by atoms with Crippen LogP contribution in [0.2, 0.25) is 5.02 Å². The summed E-state index contributed by atoms with van der Waals surface area (Å²) in [5.41, 5.74) is 1.15. The molecule has 1 heterocycles. The fraction of sp³-hybridized carbons (Fsp3) is 0.0667. The highest BCUT2D eigenvalue weighted by Gasteiger charge is 2.26. The van der Waals surface area contributed by atoms with Gasteiger partial charge in [0.25, 0.3) is 11.6 Å². The molecule has 0 saturated heterocycles. The Morgan fingerprint density at radius 1 is 1.22 bits per heavy atom. The third kappa shape index (κ3) is 2.79. The van der Waals surface area contributed by atoms with E-state index in [1.807, 2.05) is 0 Å². The Balaban J connectivity index is 2.27. The van der Waals surface area contributed by atoms with Gasteiger partial charge in [0.2, 0.25) is 6.23 Å². The third-order valence-electron chi connectivity index (χ3n) is 3.34. The normalized spacial score (nSPS) is 16.9. The van der Waals surface area contributed by atoms with Crippen molar-refractivity contribution in [1.29, 1.82) is 0 Å². The summed E-state index contributed by atoms with van der Waals surface area (Å²) in [5, 5.41) is 23.7. The molecule has 1 atom stereocenters. The van der Waals surface area contributed by atoms with Gasteiger partial charge in [-0.15, -0.1) is 0 Å².